The molecule has 0 amide bonds. The van der Waals surface area contributed by atoms with Crippen LogP contribution < -0.4 is 0 Å². The van der Waals surface area contributed by atoms with Gasteiger partial charge in [0.2, 0.25) is 0 Å². The normalized spacial score (nSPS) is 12.2. The van der Waals surface area contributed by atoms with Gasteiger partial charge >= 0.3 is 0 Å². The van der Waals surface area contributed by atoms with Crippen LogP contribution in [0.2, 0.25) is 0 Å². The molecule has 11 rings (SSSR count). The van der Waals surface area contributed by atoms with E-state index in [1.807, 2.05) is 6.20 Å². The maximum atomic E-state index is 12.7. The van der Waals surface area contributed by atoms with Gasteiger partial charge in [-0.25, -0.2) is 4.98 Å². The first-order valence-corrected chi connectivity index (χ1v) is 24.7. The van der Waals surface area contributed by atoms with E-state index in [0.717, 1.165) is 100.0 Å². The van der Waals surface area contributed by atoms with Gasteiger partial charge in [-0.2, -0.15) is 0 Å². The van der Waals surface area contributed by atoms with Crippen molar-refractivity contribution in [1.82, 2.24) is 19.1 Å². The summed E-state index contributed by atoms with van der Waals surface area (Å²) >= 11 is 0. The van der Waals surface area contributed by atoms with E-state index >= 15 is 0 Å². The van der Waals surface area contributed by atoms with E-state index in [0.29, 0.717) is 11.4 Å². The second-order valence-electron chi connectivity index (χ2n) is 22.0. The summed E-state index contributed by atoms with van der Waals surface area (Å²) in [6.07, 6.45) is 1.93. The first-order chi connectivity index (χ1) is 34.0. The van der Waals surface area contributed by atoms with E-state index in [9.17, 15) is 5.11 Å². The molecule has 3 heterocycles. The van der Waals surface area contributed by atoms with Crippen LogP contribution >= 0.6 is 0 Å². The molecule has 8 aromatic carbocycles. The molecule has 1 N–H and O–H groups in total. The molecule has 0 saturated heterocycles. The second kappa shape index (κ2) is 18.4. The van der Waals surface area contributed by atoms with Crippen molar-refractivity contribution in [2.24, 2.45) is 0 Å². The molecule has 0 bridgehead atoms. The van der Waals surface area contributed by atoms with Crippen LogP contribution in [0.1, 0.15) is 79.0 Å². The molecular formula is C66H59N4OPt-. The number of nitrogens with zero attached hydrogens (tertiary/aromatic N) is 4. The molecule has 0 fully saturated rings. The zero-order chi connectivity index (χ0) is 49.4. The Bertz CT molecular complexity index is 3810. The van der Waals surface area contributed by atoms with Gasteiger partial charge in [0.05, 0.1) is 27.8 Å². The van der Waals surface area contributed by atoms with Crippen LogP contribution in [0, 0.1) is 6.07 Å². The number of pyridine rings is 1. The van der Waals surface area contributed by atoms with Crippen LogP contribution in [-0.4, -0.2) is 24.2 Å². The van der Waals surface area contributed by atoms with Crippen molar-refractivity contribution in [3.8, 4) is 73.2 Å². The Morgan fingerprint density at radius 3 is 1.76 bits per heavy atom. The number of phenolic OH excluding ortho intramolecular Hbond substituents is 1. The van der Waals surface area contributed by atoms with Crippen LogP contribution in [0.25, 0.3) is 100 Å². The van der Waals surface area contributed by atoms with Gasteiger partial charge in [0.1, 0.15) is 11.6 Å². The van der Waals surface area contributed by atoms with Gasteiger partial charge in [0.15, 0.2) is 0 Å². The summed E-state index contributed by atoms with van der Waals surface area (Å²) in [5.74, 6) is 0.907. The van der Waals surface area contributed by atoms with E-state index in [1.165, 1.54) is 5.56 Å². The third-order valence-electron chi connectivity index (χ3n) is 14.0. The SMILES string of the molecule is CC(C)(C)c1ccc(-n2c(-c3cc(C(C)(C)C)cc(C(C)(C)C)c3O)nc3c(-c4[c-]c(-c5nccc6c7ccccc7n(-c7ccccc7)c56)cc(-c5ccccc5)c4)cccc32)c(-c2ccccc2)c1.[Pt]. The molecule has 0 saturated carbocycles. The van der Waals surface area contributed by atoms with Gasteiger partial charge < -0.3 is 9.67 Å². The summed E-state index contributed by atoms with van der Waals surface area (Å²) < 4.78 is 4.62. The minimum absolute atomic E-state index is 0. The molecule has 0 aliphatic heterocycles. The maximum Gasteiger partial charge on any atom is 0.148 e. The molecule has 5 nitrogen and oxygen atoms in total. The standard InChI is InChI=1S/C66H59N4O.Pt/c1-64(2,3)47-32-33-57(53(39-47)43-24-15-11-16-25-43)70-58-31-21-29-50(60(58)68-63(70)54-40-48(65(4,5)6)41-55(62(54)71)66(7,8)9)45-36-44(42-22-13-10-14-23-42)37-46(38-45)59-61-52(34-35-67-59)51-28-19-20-30-56(51)69(61)49-26-17-12-18-27-49;/h10-37,39-41,71H,1-9H3;/q-1;. The van der Waals surface area contributed by atoms with Crippen LogP contribution in [0.15, 0.2) is 188 Å². The van der Waals surface area contributed by atoms with Crippen molar-refractivity contribution in [3.05, 3.63) is 211 Å². The molecule has 0 unspecified atom stereocenters. The minimum atomic E-state index is -0.349. The van der Waals surface area contributed by atoms with E-state index in [1.54, 1.807) is 0 Å². The molecule has 360 valence electrons. The summed E-state index contributed by atoms with van der Waals surface area (Å²) in [7, 11) is 0. The van der Waals surface area contributed by atoms with Crippen molar-refractivity contribution in [1.29, 1.82) is 0 Å². The number of hydrogen-bond acceptors (Lipinski definition) is 3. The predicted molar refractivity (Wildman–Crippen MR) is 297 cm³/mol. The monoisotopic (exact) mass is 1120 g/mol. The molecule has 72 heavy (non-hydrogen) atoms. The topological polar surface area (TPSA) is 55.9 Å². The molecule has 11 aromatic rings. The fourth-order valence-electron chi connectivity index (χ4n) is 10.2. The Morgan fingerprint density at radius 2 is 1.08 bits per heavy atom. The number of rotatable bonds is 7. The molecule has 0 radical (unpaired) electrons. The zero-order valence-corrected chi connectivity index (χ0v) is 44.7. The molecule has 3 aromatic heterocycles. The number of fused-ring (bicyclic) bond motifs is 4. The van der Waals surface area contributed by atoms with Crippen molar-refractivity contribution in [3.63, 3.8) is 0 Å². The summed E-state index contributed by atoms with van der Waals surface area (Å²) in [5.41, 5.74) is 17.0. The third kappa shape index (κ3) is 8.58. The zero-order valence-electron chi connectivity index (χ0n) is 42.5. The van der Waals surface area contributed by atoms with Crippen molar-refractivity contribution < 1.29 is 26.2 Å². The quantitative estimate of drug-likeness (QED) is 0.162. The Balaban J connectivity index is 0.00000596. The first kappa shape index (κ1) is 48.3. The number of imidazole rings is 1. The Labute approximate surface area is 438 Å². The van der Waals surface area contributed by atoms with Crippen LogP contribution in [0.4, 0.5) is 0 Å². The van der Waals surface area contributed by atoms with Gasteiger partial charge in [-0.1, -0.05) is 200 Å². The molecule has 6 heteroatoms. The molecule has 0 spiro atoms. The summed E-state index contributed by atoms with van der Waals surface area (Å²) in [4.78, 5) is 11.0. The maximum absolute atomic E-state index is 12.7. The number of phenols is 1. The molecule has 0 atom stereocenters. The Kier molecular flexibility index (Phi) is 12.3. The van der Waals surface area contributed by atoms with Crippen LogP contribution in [-0.2, 0) is 37.3 Å². The van der Waals surface area contributed by atoms with E-state index in [2.05, 4.69) is 260 Å². The number of para-hydroxylation sites is 3. The predicted octanol–water partition coefficient (Wildman–Crippen LogP) is 17.2. The molecule has 0 aliphatic carbocycles. The smallest absolute Gasteiger partial charge is 0.148 e. The van der Waals surface area contributed by atoms with Crippen LogP contribution in [0.3, 0.4) is 0 Å². The average Bonchev–Trinajstić information content (AvgIpc) is 3.92. The van der Waals surface area contributed by atoms with Crippen molar-refractivity contribution in [2.45, 2.75) is 78.6 Å². The second-order valence-corrected chi connectivity index (χ2v) is 22.0. The first-order valence-electron chi connectivity index (χ1n) is 24.7. The van der Waals surface area contributed by atoms with Gasteiger partial charge in [0.25, 0.3) is 0 Å². The fraction of sp³-hybridized carbons (Fsp3) is 0.182. The largest absolute Gasteiger partial charge is 0.507 e. The van der Waals surface area contributed by atoms with Gasteiger partial charge in [-0.05, 0) is 87.0 Å². The summed E-state index contributed by atoms with van der Waals surface area (Å²) in [6, 6.07) is 68.5. The van der Waals surface area contributed by atoms with Gasteiger partial charge in [-0.3, -0.25) is 9.55 Å². The fourth-order valence-corrected chi connectivity index (χ4v) is 10.2. The van der Waals surface area contributed by atoms with E-state index < -0.39 is 0 Å². The summed E-state index contributed by atoms with van der Waals surface area (Å²) in [6.45, 7) is 20.0. The van der Waals surface area contributed by atoms with E-state index in [-0.39, 0.29) is 43.1 Å². The average molecular weight is 1120 g/mol. The number of hydrogen-bond donors (Lipinski definition) is 1. The van der Waals surface area contributed by atoms with E-state index in [4.69, 9.17) is 9.97 Å². The number of benzene rings is 8. The van der Waals surface area contributed by atoms with Crippen molar-refractivity contribution >= 4 is 32.8 Å². The Morgan fingerprint density at radius 1 is 0.472 bits per heavy atom. The van der Waals surface area contributed by atoms with Gasteiger partial charge in [0, 0.05) is 66.1 Å². The Hall–Kier alpha value is -7.33. The number of aromatic hydroxyl groups is 1. The number of aromatic nitrogens is 4. The third-order valence-corrected chi connectivity index (χ3v) is 14.0. The molecule has 0 aliphatic rings. The van der Waals surface area contributed by atoms with Crippen molar-refractivity contribution in [2.75, 3.05) is 0 Å². The summed E-state index contributed by atoms with van der Waals surface area (Å²) in [5, 5.41) is 15.0. The minimum Gasteiger partial charge on any atom is -0.507 e. The molecular weight excluding hydrogens is 1060 g/mol. The van der Waals surface area contributed by atoms with Crippen LogP contribution in [0.5, 0.6) is 5.75 Å². The van der Waals surface area contributed by atoms with Gasteiger partial charge in [-0.15, -0.1) is 23.8 Å².